The van der Waals surface area contributed by atoms with Gasteiger partial charge in [-0.15, -0.1) is 0 Å². The quantitative estimate of drug-likeness (QED) is 0.875. The lowest BCUT2D eigenvalue weighted by molar-refractivity contribution is 0.157. The third kappa shape index (κ3) is 2.44. The van der Waals surface area contributed by atoms with Gasteiger partial charge in [0.25, 0.3) is 0 Å². The van der Waals surface area contributed by atoms with Gasteiger partial charge in [-0.2, -0.15) is 0 Å². The van der Waals surface area contributed by atoms with E-state index >= 15 is 0 Å². The molecule has 0 bridgehead atoms. The first-order chi connectivity index (χ1) is 9.15. The SMILES string of the molecule is OC(c1cc(Cl)ccc1Cl)C1Cc2ccccc2N1. The molecule has 0 aliphatic carbocycles. The smallest absolute Gasteiger partial charge is 0.101 e. The summed E-state index contributed by atoms with van der Waals surface area (Å²) in [6, 6.07) is 13.1. The maximum absolute atomic E-state index is 10.5. The zero-order chi connectivity index (χ0) is 13.4. The molecular formula is C15H13Cl2NO. The Hall–Kier alpha value is -1.22. The largest absolute Gasteiger partial charge is 0.386 e. The molecule has 0 aromatic heterocycles. The Labute approximate surface area is 122 Å². The molecular weight excluding hydrogens is 281 g/mol. The van der Waals surface area contributed by atoms with Crippen molar-refractivity contribution >= 4 is 28.9 Å². The highest BCUT2D eigenvalue weighted by Crippen LogP contribution is 2.35. The van der Waals surface area contributed by atoms with Crippen LogP contribution in [0.2, 0.25) is 10.0 Å². The monoisotopic (exact) mass is 293 g/mol. The van der Waals surface area contributed by atoms with E-state index in [4.69, 9.17) is 23.2 Å². The first-order valence-corrected chi connectivity index (χ1v) is 6.88. The second-order valence-electron chi connectivity index (χ2n) is 4.72. The van der Waals surface area contributed by atoms with Gasteiger partial charge in [-0.25, -0.2) is 0 Å². The van der Waals surface area contributed by atoms with Gasteiger partial charge in [0.15, 0.2) is 0 Å². The van der Waals surface area contributed by atoms with Crippen molar-refractivity contribution in [2.24, 2.45) is 0 Å². The van der Waals surface area contributed by atoms with Crippen LogP contribution in [0.4, 0.5) is 5.69 Å². The Morgan fingerprint density at radius 1 is 1.16 bits per heavy atom. The van der Waals surface area contributed by atoms with Gasteiger partial charge in [0.05, 0.1) is 6.04 Å². The van der Waals surface area contributed by atoms with Gasteiger partial charge >= 0.3 is 0 Å². The van der Waals surface area contributed by atoms with Crippen molar-refractivity contribution in [3.8, 4) is 0 Å². The summed E-state index contributed by atoms with van der Waals surface area (Å²) < 4.78 is 0. The van der Waals surface area contributed by atoms with Crippen molar-refractivity contribution in [3.63, 3.8) is 0 Å². The summed E-state index contributed by atoms with van der Waals surface area (Å²) >= 11 is 12.1. The topological polar surface area (TPSA) is 32.3 Å². The molecule has 1 heterocycles. The van der Waals surface area contributed by atoms with E-state index < -0.39 is 6.10 Å². The highest BCUT2D eigenvalue weighted by Gasteiger charge is 2.28. The summed E-state index contributed by atoms with van der Waals surface area (Å²) in [6.07, 6.45) is 0.0961. The summed E-state index contributed by atoms with van der Waals surface area (Å²) in [4.78, 5) is 0. The number of aliphatic hydroxyl groups is 1. The second-order valence-corrected chi connectivity index (χ2v) is 5.57. The van der Waals surface area contributed by atoms with E-state index in [1.54, 1.807) is 18.2 Å². The van der Waals surface area contributed by atoms with Crippen molar-refractivity contribution < 1.29 is 5.11 Å². The van der Waals surface area contributed by atoms with Crippen LogP contribution < -0.4 is 5.32 Å². The number of halogens is 2. The Bertz CT molecular complexity index is 590. The van der Waals surface area contributed by atoms with Gasteiger partial charge in [-0.1, -0.05) is 41.4 Å². The van der Waals surface area contributed by atoms with Crippen LogP contribution in [-0.4, -0.2) is 11.1 Å². The van der Waals surface area contributed by atoms with Crippen LogP contribution in [-0.2, 0) is 6.42 Å². The first kappa shape index (κ1) is 12.8. The molecule has 0 saturated carbocycles. The van der Waals surface area contributed by atoms with Crippen molar-refractivity contribution in [2.75, 3.05) is 5.32 Å². The molecule has 3 rings (SSSR count). The Morgan fingerprint density at radius 2 is 1.95 bits per heavy atom. The van der Waals surface area contributed by atoms with Gasteiger partial charge < -0.3 is 10.4 Å². The van der Waals surface area contributed by atoms with Crippen molar-refractivity contribution in [1.82, 2.24) is 0 Å². The van der Waals surface area contributed by atoms with E-state index in [0.29, 0.717) is 15.6 Å². The summed E-state index contributed by atoms with van der Waals surface area (Å²) in [5.74, 6) is 0. The number of benzene rings is 2. The third-order valence-corrected chi connectivity index (χ3v) is 4.04. The minimum Gasteiger partial charge on any atom is -0.386 e. The summed E-state index contributed by atoms with van der Waals surface area (Å²) in [7, 11) is 0. The molecule has 1 aliphatic heterocycles. The average Bonchev–Trinajstić information content (AvgIpc) is 2.84. The maximum atomic E-state index is 10.5. The maximum Gasteiger partial charge on any atom is 0.101 e. The number of hydrogen-bond acceptors (Lipinski definition) is 2. The third-order valence-electron chi connectivity index (χ3n) is 3.46. The minimum absolute atomic E-state index is 0.0756. The predicted octanol–water partition coefficient (Wildman–Crippen LogP) is 4.06. The number of anilines is 1. The van der Waals surface area contributed by atoms with Crippen LogP contribution in [0.1, 0.15) is 17.2 Å². The van der Waals surface area contributed by atoms with Crippen molar-refractivity contribution in [1.29, 1.82) is 0 Å². The minimum atomic E-state index is -0.682. The molecule has 0 saturated heterocycles. The van der Waals surface area contributed by atoms with Gasteiger partial charge in [-0.3, -0.25) is 0 Å². The van der Waals surface area contributed by atoms with Crippen LogP contribution >= 0.6 is 23.2 Å². The van der Waals surface area contributed by atoms with Crippen LogP contribution in [0.15, 0.2) is 42.5 Å². The fourth-order valence-electron chi connectivity index (χ4n) is 2.48. The normalized spacial score (nSPS) is 18.8. The van der Waals surface area contributed by atoms with E-state index in [2.05, 4.69) is 11.4 Å². The fourth-order valence-corrected chi connectivity index (χ4v) is 2.89. The van der Waals surface area contributed by atoms with Gasteiger partial charge in [0, 0.05) is 21.3 Å². The number of fused-ring (bicyclic) bond motifs is 1. The van der Waals surface area contributed by atoms with Crippen LogP contribution in [0, 0.1) is 0 Å². The van der Waals surface area contributed by atoms with Crippen LogP contribution in [0.25, 0.3) is 0 Å². The molecule has 0 spiro atoms. The lowest BCUT2D eigenvalue weighted by atomic mass is 9.99. The lowest BCUT2D eigenvalue weighted by Gasteiger charge is -2.20. The number of para-hydroxylation sites is 1. The van der Waals surface area contributed by atoms with E-state index in [9.17, 15) is 5.11 Å². The summed E-state index contributed by atoms with van der Waals surface area (Å²) in [5.41, 5.74) is 2.95. The van der Waals surface area contributed by atoms with Crippen LogP contribution in [0.3, 0.4) is 0 Å². The molecule has 0 radical (unpaired) electrons. The standard InChI is InChI=1S/C15H13Cl2NO/c16-10-5-6-12(17)11(8-10)15(19)14-7-9-3-1-2-4-13(9)18-14/h1-6,8,14-15,18-19H,7H2. The molecule has 0 amide bonds. The molecule has 2 unspecified atom stereocenters. The van der Waals surface area contributed by atoms with Gasteiger partial charge in [0.1, 0.15) is 6.10 Å². The Kier molecular flexibility index (Phi) is 3.40. The zero-order valence-electron chi connectivity index (χ0n) is 10.1. The van der Waals surface area contributed by atoms with E-state index in [0.717, 1.165) is 12.1 Å². The van der Waals surface area contributed by atoms with E-state index in [1.165, 1.54) is 5.56 Å². The van der Waals surface area contributed by atoms with Crippen molar-refractivity contribution in [2.45, 2.75) is 18.6 Å². The summed E-state index contributed by atoms with van der Waals surface area (Å²) in [5, 5.41) is 14.9. The highest BCUT2D eigenvalue weighted by atomic mass is 35.5. The molecule has 1 aliphatic rings. The Balaban J connectivity index is 1.87. The highest BCUT2D eigenvalue weighted by molar-refractivity contribution is 6.33. The molecule has 2 nitrogen and oxygen atoms in total. The Morgan fingerprint density at radius 3 is 2.74 bits per heavy atom. The predicted molar refractivity (Wildman–Crippen MR) is 79.0 cm³/mol. The number of rotatable bonds is 2. The van der Waals surface area contributed by atoms with Crippen molar-refractivity contribution in [3.05, 3.63) is 63.6 Å². The molecule has 2 aromatic carbocycles. The number of nitrogens with one attached hydrogen (secondary N) is 1. The zero-order valence-corrected chi connectivity index (χ0v) is 11.6. The second kappa shape index (κ2) is 5.04. The molecule has 0 fully saturated rings. The molecule has 4 heteroatoms. The lowest BCUT2D eigenvalue weighted by Crippen LogP contribution is -2.25. The van der Waals surface area contributed by atoms with E-state index in [1.807, 2.05) is 18.2 Å². The first-order valence-electron chi connectivity index (χ1n) is 6.12. The molecule has 2 aromatic rings. The molecule has 2 N–H and O–H groups in total. The molecule has 2 atom stereocenters. The van der Waals surface area contributed by atoms with Gasteiger partial charge in [-0.05, 0) is 36.2 Å². The summed E-state index contributed by atoms with van der Waals surface area (Å²) in [6.45, 7) is 0. The van der Waals surface area contributed by atoms with Gasteiger partial charge in [0.2, 0.25) is 0 Å². The fraction of sp³-hybridized carbons (Fsp3) is 0.200. The number of aliphatic hydroxyl groups excluding tert-OH is 1. The molecule has 19 heavy (non-hydrogen) atoms. The van der Waals surface area contributed by atoms with E-state index in [-0.39, 0.29) is 6.04 Å². The molecule has 98 valence electrons. The average molecular weight is 294 g/mol. The van der Waals surface area contributed by atoms with Crippen LogP contribution in [0.5, 0.6) is 0 Å². The number of hydrogen-bond donors (Lipinski definition) is 2.